The van der Waals surface area contributed by atoms with Crippen molar-refractivity contribution in [1.82, 2.24) is 0 Å². The summed E-state index contributed by atoms with van der Waals surface area (Å²) < 4.78 is 69.3. The fourth-order valence-electron chi connectivity index (χ4n) is 0. The van der Waals surface area contributed by atoms with Gasteiger partial charge in [0.1, 0.15) is 16.6 Å². The Morgan fingerprint density at radius 3 is 0.762 bits per heavy atom. The Bertz CT molecular complexity index is 1190. The van der Waals surface area contributed by atoms with Gasteiger partial charge in [0.2, 0.25) is 0 Å². The molecule has 0 spiro atoms. The molecule has 0 heterocycles. The summed E-state index contributed by atoms with van der Waals surface area (Å²) in [6.07, 6.45) is 20.5. The largest absolute Gasteiger partial charge is 0.769 e. The summed E-state index contributed by atoms with van der Waals surface area (Å²) in [5.41, 5.74) is 0. The van der Waals surface area contributed by atoms with Gasteiger partial charge in [0, 0.05) is 239 Å². The molecule has 0 fully saturated rings. The van der Waals surface area contributed by atoms with Gasteiger partial charge in [-0.3, -0.25) is 17.1 Å². The molecular weight excluding hydrogens is 1320 g/mol. The van der Waals surface area contributed by atoms with Gasteiger partial charge < -0.3 is 9.34 Å². The Hall–Kier alpha value is 7.00. The van der Waals surface area contributed by atoms with Crippen LogP contribution in [0.25, 0.3) is 4.78 Å². The van der Waals surface area contributed by atoms with Crippen LogP contribution in [0.5, 0.6) is 0 Å². The molecule has 0 rings (SSSR count). The minimum Gasteiger partial charge on any atom is -0.769 e. The molecule has 0 amide bonds. The van der Waals surface area contributed by atoms with Crippen LogP contribution < -0.4 is 0 Å². The van der Waals surface area contributed by atoms with Gasteiger partial charge in [-0.25, -0.2) is 42.9 Å². The van der Waals surface area contributed by atoms with Crippen molar-refractivity contribution in [3.63, 3.8) is 0 Å². The van der Waals surface area contributed by atoms with Crippen molar-refractivity contribution in [3.05, 3.63) is 4.78 Å². The zero-order chi connectivity index (χ0) is 52.4. The molecule has 388 valence electrons. The summed E-state index contributed by atoms with van der Waals surface area (Å²) in [5, 5.41) is 0. The quantitative estimate of drug-likeness (QED) is 0.173. The molecule has 0 aliphatic heterocycles. The molecule has 6 radical (unpaired) electrons. The first-order valence-corrected chi connectivity index (χ1v) is 47.0. The molecule has 0 aromatic carbocycles. The maximum absolute atomic E-state index is 10.4. The first-order valence-electron chi connectivity index (χ1n) is 18.5. The van der Waals surface area contributed by atoms with Gasteiger partial charge in [-0.05, 0) is 105 Å². The Morgan fingerprint density at radius 1 is 0.714 bits per heavy atom. The zero-order valence-electron chi connectivity index (χ0n) is 48.5. The van der Waals surface area contributed by atoms with E-state index in [4.69, 9.17) is 16.6 Å². The second-order valence-corrected chi connectivity index (χ2v) is 49.2. The third-order valence-electron chi connectivity index (χ3n) is 1.25. The maximum atomic E-state index is 10.4. The molecule has 0 saturated heterocycles. The molecule has 9 nitrogen and oxygen atoms in total. The van der Waals surface area contributed by atoms with Crippen LogP contribution in [0.4, 0.5) is 0 Å². The molecule has 0 aromatic heterocycles. The van der Waals surface area contributed by atoms with Crippen molar-refractivity contribution >= 4 is 125 Å². The van der Waals surface area contributed by atoms with Crippen molar-refractivity contribution in [1.29, 1.82) is 0 Å². The average Bonchev–Trinajstić information content (AvgIpc) is 2.84. The molecule has 0 bridgehead atoms. The van der Waals surface area contributed by atoms with Crippen molar-refractivity contribution in [2.45, 2.75) is 60.6 Å². The van der Waals surface area contributed by atoms with E-state index in [0.717, 1.165) is 25.9 Å². The molecule has 0 aliphatic carbocycles. The molecule has 0 aliphatic rings. The number of hydrogen-bond acceptors (Lipinski definition) is 10. The van der Waals surface area contributed by atoms with E-state index in [1.165, 1.54) is 0 Å². The monoisotopic (exact) mass is 1430 g/mol. The minimum atomic E-state index is -2.67. The summed E-state index contributed by atoms with van der Waals surface area (Å²) in [4.78, 5) is 0. The van der Waals surface area contributed by atoms with Crippen LogP contribution in [-0.4, -0.2) is 215 Å². The predicted octanol–water partition coefficient (Wildman–Crippen LogP) is 11.8. The van der Waals surface area contributed by atoms with Crippen LogP contribution in [-0.2, 0) is 198 Å². The van der Waals surface area contributed by atoms with Crippen LogP contribution in [0, 0.1) is 0 Å². The third kappa shape index (κ3) is 1380. The summed E-state index contributed by atoms with van der Waals surface area (Å²) in [6.45, 7) is 46.5. The second kappa shape index (κ2) is 83.0. The molecular formula is C36H109B2N4O5P4S7SiY4-. The topological polar surface area (TPSA) is 145 Å². The molecule has 0 atom stereocenters. The van der Waals surface area contributed by atoms with E-state index >= 15 is 0 Å². The van der Waals surface area contributed by atoms with E-state index in [2.05, 4.69) is 146 Å². The van der Waals surface area contributed by atoms with Gasteiger partial charge in [0.25, 0.3) is 0 Å². The second-order valence-electron chi connectivity index (χ2n) is 17.6. The van der Waals surface area contributed by atoms with Crippen LogP contribution in [0.2, 0.25) is 60.6 Å². The standard InChI is InChI=1S/2C3H9B.C3H9N2S.C3H9NOS.C3H9NS.C3H9OP.C3H9PS.2C3H9P.C3H9Si.C2H6O2S.C2H6OS.C2H6S.4Y/c2*1-4(2)3;1-5-6(2,3)4;1-4-6(2,3)5;1-4-5(2)3;1-5(2,3)4;1-4(2,3)5;3*1-4(2)3;1-5(2,3)4;1-4(2)3;1-3-2;;;;/h2*1-3H3;2*1-3H3;3*1-3H3;3*1-3H3;1-2H3;1-2H3;1-2H3;;;;/q;2*-1;;;;;;;;;;;;;;/p+1. The Morgan fingerprint density at radius 2 is 0.762 bits per heavy atom. The van der Waals surface area contributed by atoms with Crippen molar-refractivity contribution < 1.29 is 152 Å². The first kappa shape index (κ1) is 119. The van der Waals surface area contributed by atoms with E-state index in [0.29, 0.717) is 18.6 Å². The molecule has 63 heavy (non-hydrogen) atoms. The first-order chi connectivity index (χ1) is 25.2. The number of rotatable bonds is 0. The normalized spacial score (nSPS) is 9.17. The fourth-order valence-corrected chi connectivity index (χ4v) is 0. The van der Waals surface area contributed by atoms with Crippen molar-refractivity contribution in [3.8, 4) is 0 Å². The number of nitrogens with zero attached hydrogens (tertiary/aromatic N) is 4. The van der Waals surface area contributed by atoms with Gasteiger partial charge in [-0.2, -0.15) is 11.8 Å². The van der Waals surface area contributed by atoms with Gasteiger partial charge >= 0.3 is 0 Å². The van der Waals surface area contributed by atoms with E-state index in [1.54, 1.807) is 83.4 Å². The summed E-state index contributed by atoms with van der Waals surface area (Å²) in [5.74, 6) is 0. The molecule has 0 unspecified atom stereocenters. The predicted molar refractivity (Wildman–Crippen MR) is 325 cm³/mol. The Labute approximate surface area is 523 Å². The van der Waals surface area contributed by atoms with Crippen molar-refractivity contribution in [2.75, 3.05) is 176 Å². The van der Waals surface area contributed by atoms with Gasteiger partial charge in [-0.1, -0.05) is 58.0 Å². The average molecular weight is 1430 g/mol. The smallest absolute Gasteiger partial charge is 0.144 e. The fraction of sp³-hybridized carbons (Fsp3) is 1.00. The zero-order valence-corrected chi connectivity index (χ0v) is 70.2. The Balaban J connectivity index is -0.0000000242. The SMILES string of the molecule is CB(C)C.CN=S(C)(C)=O.CN=S(C)(C)=[N-].CN=S(C)C.CP(C)(C)=O.CP(C)(C)=S.CP(C)C.CS(C)(=O)=O.CS(C)=O.CSC.C[B-](C)C.C[PH+](C)C.C[Si](C)C.[Y].[Y].[Y].[Y]. The molecule has 0 aromatic rings. The van der Waals surface area contributed by atoms with Gasteiger partial charge in [-0.15, -0.1) is 25.3 Å². The number of hydrogen-bond donors (Lipinski definition) is 0. The summed E-state index contributed by atoms with van der Waals surface area (Å²) >= 11 is 6.69. The van der Waals surface area contributed by atoms with Crippen LogP contribution in [0.1, 0.15) is 0 Å². The molecule has 0 N–H and O–H groups in total. The number of thioether (sulfide) groups is 1. The van der Waals surface area contributed by atoms with Gasteiger partial charge in [0.15, 0.2) is 0 Å². The van der Waals surface area contributed by atoms with E-state index in [1.807, 2.05) is 19.6 Å². The van der Waals surface area contributed by atoms with E-state index < -0.39 is 53.2 Å². The van der Waals surface area contributed by atoms with Gasteiger partial charge in [0.05, 0.1) is 7.14 Å². The number of sulfone groups is 1. The summed E-state index contributed by atoms with van der Waals surface area (Å²) in [6, 6.07) is -0.806. The minimum absolute atomic E-state index is 0. The third-order valence-corrected chi connectivity index (χ3v) is 3.75. The molecule has 0 saturated carbocycles. The van der Waals surface area contributed by atoms with Crippen molar-refractivity contribution in [2.24, 2.45) is 13.1 Å². The summed E-state index contributed by atoms with van der Waals surface area (Å²) in [7, 11) is -2.30. The van der Waals surface area contributed by atoms with E-state index in [9.17, 15) is 21.4 Å². The Kier molecular flexibility index (Phi) is 156. The maximum Gasteiger partial charge on any atom is 0.144 e. The molecule has 27 heteroatoms. The van der Waals surface area contributed by atoms with Crippen LogP contribution >= 0.6 is 40.8 Å². The van der Waals surface area contributed by atoms with Crippen LogP contribution in [0.3, 0.4) is 0 Å². The van der Waals surface area contributed by atoms with Crippen LogP contribution in [0.15, 0.2) is 13.1 Å². The van der Waals surface area contributed by atoms with E-state index in [-0.39, 0.29) is 148 Å².